The molecule has 2 atom stereocenters. The topological polar surface area (TPSA) is 95.7 Å². The summed E-state index contributed by atoms with van der Waals surface area (Å²) in [6.45, 7) is 2.23. The molecule has 9 heteroatoms. The van der Waals surface area contributed by atoms with Gasteiger partial charge in [0.15, 0.2) is 0 Å². The van der Waals surface area contributed by atoms with E-state index in [1.54, 1.807) is 11.3 Å². The highest BCUT2D eigenvalue weighted by atomic mass is 32.1. The monoisotopic (exact) mass is 553 g/mol. The molecule has 2 unspecified atom stereocenters. The van der Waals surface area contributed by atoms with Crippen molar-refractivity contribution in [1.82, 2.24) is 20.5 Å². The molecule has 8 rings (SSSR count). The summed E-state index contributed by atoms with van der Waals surface area (Å²) < 4.78 is 11.6. The highest BCUT2D eigenvalue weighted by molar-refractivity contribution is 7.15. The Morgan fingerprint density at radius 3 is 2.80 bits per heavy atom. The first kappa shape index (κ1) is 24.4. The van der Waals surface area contributed by atoms with Crippen LogP contribution in [-0.4, -0.2) is 53.1 Å². The fourth-order valence-electron chi connectivity index (χ4n) is 6.05. The van der Waals surface area contributed by atoms with Crippen LogP contribution in [-0.2, 0) is 15.9 Å². The molecule has 3 fully saturated rings. The number of aromatic amines is 1. The summed E-state index contributed by atoms with van der Waals surface area (Å²) in [6.07, 6.45) is 7.19. The number of aromatic nitrogens is 3. The molecule has 3 aromatic heterocycles. The zero-order valence-electron chi connectivity index (χ0n) is 22.1. The Balaban J connectivity index is 1.06. The normalized spacial score (nSPS) is 22.4. The number of nitrogens with zero attached hydrogens (tertiary/aromatic N) is 3. The van der Waals surface area contributed by atoms with E-state index < -0.39 is 0 Å². The van der Waals surface area contributed by atoms with Gasteiger partial charge in [0.05, 0.1) is 17.6 Å². The van der Waals surface area contributed by atoms with Crippen molar-refractivity contribution in [2.24, 2.45) is 0 Å². The molecule has 1 amide bonds. The molecular formula is C31H31N5O3S. The first-order valence-electron chi connectivity index (χ1n) is 14.3. The van der Waals surface area contributed by atoms with Crippen molar-refractivity contribution in [2.75, 3.05) is 24.7 Å². The van der Waals surface area contributed by atoms with Crippen molar-refractivity contribution in [3.05, 3.63) is 76.6 Å². The number of para-hydroxylation sites is 1. The number of carbonyl (C=O) groups excluding carboxylic acids is 1. The van der Waals surface area contributed by atoms with Crippen molar-refractivity contribution in [1.29, 1.82) is 0 Å². The maximum Gasteiger partial charge on any atom is 0.276 e. The van der Waals surface area contributed by atoms with E-state index in [0.717, 1.165) is 60.7 Å². The molecule has 1 saturated carbocycles. The molecule has 3 aliphatic heterocycles. The standard InChI is InChI=1S/C31H31N5O3S/c37-31(24-6-3-5-23(34-24)22-17-32-35-27(22)18-8-9-18)36-13-10-19-16-26(40-29(19)21-4-1-2-7-25(21)36)28-30(39-28)33-20-11-14-38-15-12-20/h1-7,16-18,20,28,30,33H,8-15H2,(H,32,35). The average Bonchev–Trinajstić information content (AvgIpc) is 3.90. The third-order valence-corrected chi connectivity index (χ3v) is 9.68. The molecule has 2 N–H and O–H groups in total. The van der Waals surface area contributed by atoms with Gasteiger partial charge in [0.1, 0.15) is 18.0 Å². The lowest BCUT2D eigenvalue weighted by Crippen LogP contribution is -2.36. The molecule has 8 nitrogen and oxygen atoms in total. The van der Waals surface area contributed by atoms with Gasteiger partial charge in [0.25, 0.3) is 5.91 Å². The number of ether oxygens (including phenoxy) is 2. The van der Waals surface area contributed by atoms with Crippen LogP contribution in [0.4, 0.5) is 5.69 Å². The predicted molar refractivity (Wildman–Crippen MR) is 154 cm³/mol. The van der Waals surface area contributed by atoms with Crippen LogP contribution in [0.5, 0.6) is 0 Å². The maximum absolute atomic E-state index is 14.0. The molecular weight excluding hydrogens is 522 g/mol. The Kier molecular flexibility index (Phi) is 6.06. The summed E-state index contributed by atoms with van der Waals surface area (Å²) in [5.41, 5.74) is 6.67. The summed E-state index contributed by atoms with van der Waals surface area (Å²) in [5.74, 6) is 0.446. The van der Waals surface area contributed by atoms with Crippen LogP contribution in [0.2, 0.25) is 0 Å². The molecule has 0 spiro atoms. The average molecular weight is 554 g/mol. The van der Waals surface area contributed by atoms with Gasteiger partial charge in [-0.1, -0.05) is 24.3 Å². The van der Waals surface area contributed by atoms with E-state index in [-0.39, 0.29) is 18.2 Å². The minimum atomic E-state index is -0.0765. The second-order valence-corrected chi connectivity index (χ2v) is 12.2. The van der Waals surface area contributed by atoms with Crippen molar-refractivity contribution in [2.45, 2.75) is 56.4 Å². The third-order valence-electron chi connectivity index (χ3n) is 8.41. The van der Waals surface area contributed by atoms with Gasteiger partial charge < -0.3 is 14.4 Å². The molecule has 4 aromatic rings. The number of benzene rings is 1. The number of carbonyl (C=O) groups is 1. The fourth-order valence-corrected chi connectivity index (χ4v) is 7.35. The number of nitrogens with one attached hydrogen (secondary N) is 2. The smallest absolute Gasteiger partial charge is 0.276 e. The third kappa shape index (κ3) is 4.47. The number of rotatable bonds is 6. The number of pyridine rings is 1. The van der Waals surface area contributed by atoms with Crippen LogP contribution in [0.15, 0.2) is 54.7 Å². The molecule has 2 saturated heterocycles. The second kappa shape index (κ2) is 9.92. The number of anilines is 1. The Morgan fingerprint density at radius 2 is 1.93 bits per heavy atom. The molecule has 4 aliphatic rings. The van der Waals surface area contributed by atoms with Crippen LogP contribution in [0.25, 0.3) is 21.7 Å². The van der Waals surface area contributed by atoms with E-state index in [9.17, 15) is 4.79 Å². The first-order valence-corrected chi connectivity index (χ1v) is 15.1. The van der Waals surface area contributed by atoms with Crippen LogP contribution in [0, 0.1) is 0 Å². The first-order chi connectivity index (χ1) is 19.7. The van der Waals surface area contributed by atoms with Crippen LogP contribution < -0.4 is 10.2 Å². The molecule has 0 radical (unpaired) electrons. The van der Waals surface area contributed by atoms with E-state index in [2.05, 4.69) is 39.8 Å². The summed E-state index contributed by atoms with van der Waals surface area (Å²) in [5, 5.41) is 11.1. The van der Waals surface area contributed by atoms with Crippen LogP contribution >= 0.6 is 11.3 Å². The molecule has 6 heterocycles. The number of H-pyrrole nitrogens is 1. The van der Waals surface area contributed by atoms with E-state index in [1.807, 2.05) is 35.4 Å². The van der Waals surface area contributed by atoms with Gasteiger partial charge >= 0.3 is 0 Å². The van der Waals surface area contributed by atoms with Crippen molar-refractivity contribution >= 4 is 22.9 Å². The fraction of sp³-hybridized carbons (Fsp3) is 0.387. The highest BCUT2D eigenvalue weighted by Crippen LogP contribution is 2.48. The van der Waals surface area contributed by atoms with Gasteiger partial charge in [-0.15, -0.1) is 11.3 Å². The molecule has 204 valence electrons. The number of hydrogen-bond donors (Lipinski definition) is 2. The Labute approximate surface area is 236 Å². The van der Waals surface area contributed by atoms with Crippen LogP contribution in [0.3, 0.4) is 0 Å². The quantitative estimate of drug-likeness (QED) is 0.309. The SMILES string of the molecule is O=C(c1cccc(-c2cn[nH]c2C2CC2)n1)N1CCc2cc(C3OC3NC3CCOCC3)sc2-c2ccccc21. The minimum absolute atomic E-state index is 0.0765. The summed E-state index contributed by atoms with van der Waals surface area (Å²) >= 11 is 1.79. The zero-order chi connectivity index (χ0) is 26.6. The van der Waals surface area contributed by atoms with Gasteiger partial charge in [-0.25, -0.2) is 4.98 Å². The van der Waals surface area contributed by atoms with Crippen molar-refractivity contribution in [3.8, 4) is 21.7 Å². The van der Waals surface area contributed by atoms with Gasteiger partial charge in [-0.2, -0.15) is 5.10 Å². The van der Waals surface area contributed by atoms with Gasteiger partial charge in [-0.05, 0) is 61.9 Å². The van der Waals surface area contributed by atoms with E-state index >= 15 is 0 Å². The lowest BCUT2D eigenvalue weighted by Gasteiger charge is -2.23. The number of fused-ring (bicyclic) bond motifs is 3. The largest absolute Gasteiger partial charge is 0.381 e. The Morgan fingerprint density at radius 1 is 1.05 bits per heavy atom. The predicted octanol–water partition coefficient (Wildman–Crippen LogP) is 5.45. The summed E-state index contributed by atoms with van der Waals surface area (Å²) in [4.78, 5) is 23.2. The van der Waals surface area contributed by atoms with Gasteiger partial charge in [0, 0.05) is 58.3 Å². The highest BCUT2D eigenvalue weighted by Gasteiger charge is 2.43. The minimum Gasteiger partial charge on any atom is -0.381 e. The van der Waals surface area contributed by atoms with Crippen LogP contribution in [0.1, 0.15) is 64.3 Å². The van der Waals surface area contributed by atoms with Crippen molar-refractivity contribution < 1.29 is 14.3 Å². The Hall–Kier alpha value is -3.37. The molecule has 1 aliphatic carbocycles. The van der Waals surface area contributed by atoms with Crippen molar-refractivity contribution in [3.63, 3.8) is 0 Å². The van der Waals surface area contributed by atoms with E-state index in [0.29, 0.717) is 24.2 Å². The number of thiophene rings is 1. The van der Waals surface area contributed by atoms with Gasteiger partial charge in [-0.3, -0.25) is 15.2 Å². The van der Waals surface area contributed by atoms with Gasteiger partial charge in [0.2, 0.25) is 0 Å². The lowest BCUT2D eigenvalue weighted by atomic mass is 10.1. The summed E-state index contributed by atoms with van der Waals surface area (Å²) in [6, 6.07) is 16.7. The molecule has 0 bridgehead atoms. The van der Waals surface area contributed by atoms with E-state index in [4.69, 9.17) is 14.5 Å². The maximum atomic E-state index is 14.0. The number of hydrogen-bond acceptors (Lipinski definition) is 7. The Bertz CT molecular complexity index is 1570. The number of amides is 1. The second-order valence-electron chi connectivity index (χ2n) is 11.1. The summed E-state index contributed by atoms with van der Waals surface area (Å²) in [7, 11) is 0. The molecule has 40 heavy (non-hydrogen) atoms. The number of epoxide rings is 1. The lowest BCUT2D eigenvalue weighted by molar-refractivity contribution is 0.0746. The van der Waals surface area contributed by atoms with E-state index in [1.165, 1.54) is 28.2 Å². The molecule has 1 aromatic carbocycles. The zero-order valence-corrected chi connectivity index (χ0v) is 23.0.